The number of rotatable bonds is 5. The average Bonchev–Trinajstić information content (AvgIpc) is 2.78. The third-order valence-corrected chi connectivity index (χ3v) is 3.44. The number of nitrogens with one attached hydrogen (secondary N) is 2. The van der Waals surface area contributed by atoms with Gasteiger partial charge >= 0.3 is 0 Å². The van der Waals surface area contributed by atoms with Crippen LogP contribution in [0.1, 0.15) is 33.3 Å². The highest BCUT2D eigenvalue weighted by molar-refractivity contribution is 7.07. The topological polar surface area (TPSA) is 36.4 Å². The molecule has 1 heterocycles. The molecular weight excluding hydrogens is 230 g/mol. The predicted octanol–water partition coefficient (Wildman–Crippen LogP) is 2.85. The quantitative estimate of drug-likeness (QED) is 0.625. The highest BCUT2D eigenvalue weighted by atomic mass is 32.1. The van der Waals surface area contributed by atoms with Crippen molar-refractivity contribution in [2.24, 2.45) is 10.9 Å². The largest absolute Gasteiger partial charge is 0.357 e. The zero-order chi connectivity index (χ0) is 12.7. The third-order valence-electron chi connectivity index (χ3n) is 2.71. The van der Waals surface area contributed by atoms with Crippen LogP contribution in [0.5, 0.6) is 0 Å². The Hall–Kier alpha value is -1.03. The summed E-state index contributed by atoms with van der Waals surface area (Å²) >= 11 is 1.71. The normalized spacial score (nSPS) is 13.8. The van der Waals surface area contributed by atoms with Crippen LogP contribution in [0.25, 0.3) is 0 Å². The molecule has 0 amide bonds. The molecule has 0 aromatic carbocycles. The molecule has 1 aromatic heterocycles. The van der Waals surface area contributed by atoms with Crippen molar-refractivity contribution in [3.8, 4) is 0 Å². The van der Waals surface area contributed by atoms with Crippen LogP contribution in [-0.2, 0) is 6.54 Å². The first-order chi connectivity index (χ1) is 8.13. The molecule has 17 heavy (non-hydrogen) atoms. The van der Waals surface area contributed by atoms with Crippen molar-refractivity contribution in [1.29, 1.82) is 0 Å². The molecule has 1 rings (SSSR count). The minimum Gasteiger partial charge on any atom is -0.357 e. The number of nitrogens with zero attached hydrogens (tertiary/aromatic N) is 1. The highest BCUT2D eigenvalue weighted by Crippen LogP contribution is 2.07. The molecule has 0 aliphatic rings. The van der Waals surface area contributed by atoms with Gasteiger partial charge in [0, 0.05) is 12.6 Å². The van der Waals surface area contributed by atoms with Crippen molar-refractivity contribution < 1.29 is 0 Å². The zero-order valence-corrected chi connectivity index (χ0v) is 12.0. The van der Waals surface area contributed by atoms with E-state index in [9.17, 15) is 0 Å². The Morgan fingerprint density at radius 3 is 2.71 bits per heavy atom. The summed E-state index contributed by atoms with van der Waals surface area (Å²) in [6.07, 6.45) is 0. The second kappa shape index (κ2) is 7.33. The molecule has 0 saturated heterocycles. The van der Waals surface area contributed by atoms with Crippen molar-refractivity contribution in [1.82, 2.24) is 10.6 Å². The van der Waals surface area contributed by atoms with Crippen LogP contribution >= 0.6 is 11.3 Å². The van der Waals surface area contributed by atoms with Crippen molar-refractivity contribution in [3.63, 3.8) is 0 Å². The van der Waals surface area contributed by atoms with E-state index >= 15 is 0 Å². The molecule has 0 aliphatic carbocycles. The van der Waals surface area contributed by atoms with Gasteiger partial charge in [-0.2, -0.15) is 11.3 Å². The molecule has 1 unspecified atom stereocenters. The summed E-state index contributed by atoms with van der Waals surface area (Å²) in [5.74, 6) is 1.50. The first-order valence-electron chi connectivity index (χ1n) is 6.19. The Balaban J connectivity index is 2.55. The Morgan fingerprint density at radius 1 is 1.41 bits per heavy atom. The molecule has 1 aromatic rings. The molecule has 0 fully saturated rings. The lowest BCUT2D eigenvalue weighted by molar-refractivity contribution is 0.481. The molecule has 3 nitrogen and oxygen atoms in total. The van der Waals surface area contributed by atoms with Crippen molar-refractivity contribution in [2.75, 3.05) is 6.54 Å². The van der Waals surface area contributed by atoms with Crippen LogP contribution in [-0.4, -0.2) is 18.5 Å². The van der Waals surface area contributed by atoms with Crippen LogP contribution < -0.4 is 10.6 Å². The highest BCUT2D eigenvalue weighted by Gasteiger charge is 2.08. The molecule has 0 bridgehead atoms. The van der Waals surface area contributed by atoms with E-state index in [0.717, 1.165) is 19.0 Å². The van der Waals surface area contributed by atoms with E-state index in [-0.39, 0.29) is 0 Å². The SMILES string of the molecule is CCNC(=NCc1ccsc1)NC(C)C(C)C. The zero-order valence-electron chi connectivity index (χ0n) is 11.2. The molecule has 0 aliphatic heterocycles. The summed E-state index contributed by atoms with van der Waals surface area (Å²) in [7, 11) is 0. The maximum Gasteiger partial charge on any atom is 0.191 e. The third kappa shape index (κ3) is 5.22. The molecule has 0 spiro atoms. The van der Waals surface area contributed by atoms with Gasteiger partial charge in [0.2, 0.25) is 0 Å². The van der Waals surface area contributed by atoms with Gasteiger partial charge in [-0.3, -0.25) is 0 Å². The molecule has 96 valence electrons. The minimum absolute atomic E-state index is 0.426. The molecule has 2 N–H and O–H groups in total. The summed E-state index contributed by atoms with van der Waals surface area (Å²) in [6.45, 7) is 10.3. The number of guanidine groups is 1. The van der Waals surface area contributed by atoms with Gasteiger partial charge in [-0.1, -0.05) is 13.8 Å². The number of thiophene rings is 1. The van der Waals surface area contributed by atoms with Gasteiger partial charge in [0.25, 0.3) is 0 Å². The van der Waals surface area contributed by atoms with Gasteiger partial charge in [-0.15, -0.1) is 0 Å². The Labute approximate surface area is 108 Å². The van der Waals surface area contributed by atoms with E-state index in [4.69, 9.17) is 0 Å². The van der Waals surface area contributed by atoms with Gasteiger partial charge in [-0.25, -0.2) is 4.99 Å². The lowest BCUT2D eigenvalue weighted by Gasteiger charge is -2.20. The van der Waals surface area contributed by atoms with E-state index in [1.54, 1.807) is 11.3 Å². The van der Waals surface area contributed by atoms with Crippen LogP contribution in [0.2, 0.25) is 0 Å². The molecule has 1 atom stereocenters. The predicted molar refractivity (Wildman–Crippen MR) is 76.6 cm³/mol. The standard InChI is InChI=1S/C13H23N3S/c1-5-14-13(16-11(4)10(2)3)15-8-12-6-7-17-9-12/h6-7,9-11H,5,8H2,1-4H3,(H2,14,15,16). The first-order valence-corrected chi connectivity index (χ1v) is 7.13. The fourth-order valence-corrected chi connectivity index (χ4v) is 1.92. The molecule has 0 saturated carbocycles. The first kappa shape index (κ1) is 14.0. The van der Waals surface area contributed by atoms with Gasteiger partial charge in [0.1, 0.15) is 0 Å². The van der Waals surface area contributed by atoms with E-state index in [0.29, 0.717) is 12.0 Å². The molecule has 4 heteroatoms. The summed E-state index contributed by atoms with van der Waals surface area (Å²) in [5.41, 5.74) is 1.27. The smallest absolute Gasteiger partial charge is 0.191 e. The van der Waals surface area contributed by atoms with Crippen LogP contribution in [0.3, 0.4) is 0 Å². The Kier molecular flexibility index (Phi) is 6.05. The average molecular weight is 253 g/mol. The van der Waals surface area contributed by atoms with Crippen molar-refractivity contribution in [2.45, 2.75) is 40.3 Å². The fraction of sp³-hybridized carbons (Fsp3) is 0.615. The maximum absolute atomic E-state index is 4.58. The van der Waals surface area contributed by atoms with Crippen LogP contribution in [0.15, 0.2) is 21.8 Å². The number of aliphatic imine (C=N–C) groups is 1. The summed E-state index contributed by atoms with van der Waals surface area (Å²) in [5, 5.41) is 10.9. The van der Waals surface area contributed by atoms with Gasteiger partial charge in [0.05, 0.1) is 6.54 Å². The minimum atomic E-state index is 0.426. The Morgan fingerprint density at radius 2 is 2.18 bits per heavy atom. The van der Waals surface area contributed by atoms with Gasteiger partial charge < -0.3 is 10.6 Å². The van der Waals surface area contributed by atoms with E-state index in [1.165, 1.54) is 5.56 Å². The van der Waals surface area contributed by atoms with E-state index in [2.05, 4.69) is 60.1 Å². The van der Waals surface area contributed by atoms with Gasteiger partial charge in [-0.05, 0) is 42.2 Å². The van der Waals surface area contributed by atoms with Crippen molar-refractivity contribution >= 4 is 17.3 Å². The number of hydrogen-bond acceptors (Lipinski definition) is 2. The van der Waals surface area contributed by atoms with Crippen molar-refractivity contribution in [3.05, 3.63) is 22.4 Å². The van der Waals surface area contributed by atoms with E-state index < -0.39 is 0 Å². The van der Waals surface area contributed by atoms with E-state index in [1.807, 2.05) is 0 Å². The lowest BCUT2D eigenvalue weighted by atomic mass is 10.1. The molecular formula is C13H23N3S. The number of hydrogen-bond donors (Lipinski definition) is 2. The summed E-state index contributed by atoms with van der Waals surface area (Å²) in [4.78, 5) is 4.58. The fourth-order valence-electron chi connectivity index (χ4n) is 1.26. The van der Waals surface area contributed by atoms with Gasteiger partial charge in [0.15, 0.2) is 5.96 Å². The maximum atomic E-state index is 4.58. The second-order valence-electron chi connectivity index (χ2n) is 4.50. The van der Waals surface area contributed by atoms with Crippen LogP contribution in [0.4, 0.5) is 0 Å². The summed E-state index contributed by atoms with van der Waals surface area (Å²) < 4.78 is 0. The monoisotopic (exact) mass is 253 g/mol. The summed E-state index contributed by atoms with van der Waals surface area (Å²) in [6, 6.07) is 2.54. The van der Waals surface area contributed by atoms with Crippen LogP contribution in [0, 0.1) is 5.92 Å². The lowest BCUT2D eigenvalue weighted by Crippen LogP contribution is -2.44. The second-order valence-corrected chi connectivity index (χ2v) is 5.28. The molecule has 0 radical (unpaired) electrons. The Bertz CT molecular complexity index is 330.